The summed E-state index contributed by atoms with van der Waals surface area (Å²) in [4.78, 5) is 38.3. The van der Waals surface area contributed by atoms with Crippen molar-refractivity contribution in [2.45, 2.75) is 43.8 Å². The Bertz CT molecular complexity index is 878. The number of nitrogens with two attached hydrogens (primary N) is 1. The lowest BCUT2D eigenvalue weighted by Crippen LogP contribution is -2.56. The SMILES string of the molecule is N/N=C\C=C/C[C@H]1CN[C@H](C(=O)NNC(=O)[C@@H]2CC[C@H]3CN2C(=O)N3OS(=O)(=O)O)C1. The quantitative estimate of drug-likeness (QED) is 0.124. The van der Waals surface area contributed by atoms with Gasteiger partial charge in [0.15, 0.2) is 0 Å². The van der Waals surface area contributed by atoms with E-state index < -0.39 is 46.4 Å². The van der Waals surface area contributed by atoms with E-state index in [4.69, 9.17) is 10.4 Å². The summed E-state index contributed by atoms with van der Waals surface area (Å²) in [5.74, 6) is 4.25. The van der Waals surface area contributed by atoms with Crippen molar-refractivity contribution in [1.29, 1.82) is 0 Å². The maximum absolute atomic E-state index is 12.5. The number of urea groups is 1. The van der Waals surface area contributed by atoms with E-state index in [1.807, 2.05) is 6.08 Å². The third-order valence-corrected chi connectivity index (χ3v) is 5.77. The molecule has 14 nitrogen and oxygen atoms in total. The number of piperidine rings is 1. The van der Waals surface area contributed by atoms with Crippen LogP contribution in [0.1, 0.15) is 25.7 Å². The highest BCUT2D eigenvalue weighted by Crippen LogP contribution is 2.30. The topological polar surface area (TPSA) is 196 Å². The third-order valence-electron chi connectivity index (χ3n) is 5.42. The number of nitrogens with zero attached hydrogens (tertiary/aromatic N) is 3. The summed E-state index contributed by atoms with van der Waals surface area (Å²) in [6.45, 7) is 0.709. The normalized spacial score (nSPS) is 28.6. The molecule has 3 fully saturated rings. The van der Waals surface area contributed by atoms with Gasteiger partial charge in [0.2, 0.25) is 0 Å². The molecule has 0 spiro atoms. The van der Waals surface area contributed by atoms with E-state index in [-0.39, 0.29) is 25.3 Å². The van der Waals surface area contributed by atoms with Crippen molar-refractivity contribution in [3.63, 3.8) is 0 Å². The Hall–Kier alpha value is -2.75. The molecule has 0 aromatic carbocycles. The molecule has 0 radical (unpaired) electrons. The van der Waals surface area contributed by atoms with Gasteiger partial charge in [-0.2, -0.15) is 18.6 Å². The minimum Gasteiger partial charge on any atom is -0.323 e. The van der Waals surface area contributed by atoms with Gasteiger partial charge in [0.1, 0.15) is 6.04 Å². The van der Waals surface area contributed by atoms with Gasteiger partial charge in [0, 0.05) is 12.8 Å². The standard InChI is InChI=1S/C16H25N7O7S/c17-19-6-2-1-3-10-7-12(18-8-10)14(24)20-21-15(25)13-5-4-11-9-22(13)16(26)23(11)30-31(27,28)29/h1-2,6,10-13,18H,3-5,7-9,17H2,(H,20,24)(H,21,25)(H,27,28,29)/b2-1-,19-6-/t10-,11+,12+,13+/m1/s1. The van der Waals surface area contributed by atoms with Crippen molar-refractivity contribution in [3.8, 4) is 0 Å². The van der Waals surface area contributed by atoms with Crippen molar-refractivity contribution in [2.75, 3.05) is 13.1 Å². The Balaban J connectivity index is 1.47. The van der Waals surface area contributed by atoms with Gasteiger partial charge < -0.3 is 16.1 Å². The van der Waals surface area contributed by atoms with Crippen LogP contribution in [0.3, 0.4) is 0 Å². The molecule has 3 saturated heterocycles. The molecule has 0 aliphatic carbocycles. The molecule has 2 bridgehead atoms. The van der Waals surface area contributed by atoms with Crippen LogP contribution in [0.4, 0.5) is 4.79 Å². The summed E-state index contributed by atoms with van der Waals surface area (Å²) >= 11 is 0. The highest BCUT2D eigenvalue weighted by Gasteiger charge is 2.49. The number of hydrazone groups is 1. The van der Waals surface area contributed by atoms with E-state index >= 15 is 0 Å². The molecule has 3 heterocycles. The summed E-state index contributed by atoms with van der Waals surface area (Å²) in [6, 6.07) is -2.82. The van der Waals surface area contributed by atoms with Gasteiger partial charge in [0.25, 0.3) is 11.8 Å². The van der Waals surface area contributed by atoms with Gasteiger partial charge >= 0.3 is 16.4 Å². The number of fused-ring (bicyclic) bond motifs is 2. The van der Waals surface area contributed by atoms with Crippen molar-refractivity contribution in [1.82, 2.24) is 26.1 Å². The fourth-order valence-corrected chi connectivity index (χ4v) is 4.36. The largest absolute Gasteiger partial charge is 0.418 e. The molecule has 3 rings (SSSR count). The van der Waals surface area contributed by atoms with Gasteiger partial charge in [-0.25, -0.2) is 4.79 Å². The van der Waals surface area contributed by atoms with Gasteiger partial charge in [-0.15, -0.1) is 4.28 Å². The van der Waals surface area contributed by atoms with E-state index in [0.29, 0.717) is 18.0 Å². The van der Waals surface area contributed by atoms with E-state index in [9.17, 15) is 22.8 Å². The molecular formula is C16H25N7O7S. The van der Waals surface area contributed by atoms with Crippen molar-refractivity contribution < 1.29 is 31.6 Å². The molecule has 0 saturated carbocycles. The van der Waals surface area contributed by atoms with E-state index in [0.717, 1.165) is 11.3 Å². The lowest BCUT2D eigenvalue weighted by Gasteiger charge is -2.29. The van der Waals surface area contributed by atoms with Crippen LogP contribution in [0, 0.1) is 5.92 Å². The fraction of sp³-hybridized carbons (Fsp3) is 0.625. The van der Waals surface area contributed by atoms with E-state index in [2.05, 4.69) is 25.6 Å². The van der Waals surface area contributed by atoms with Crippen LogP contribution in [0.5, 0.6) is 0 Å². The van der Waals surface area contributed by atoms with Crippen LogP contribution in [-0.4, -0.2) is 78.2 Å². The number of allylic oxidation sites excluding steroid dienone is 2. The summed E-state index contributed by atoms with van der Waals surface area (Å²) in [7, 11) is -4.86. The average Bonchev–Trinajstić information content (AvgIpc) is 3.28. The monoisotopic (exact) mass is 459 g/mol. The molecule has 0 unspecified atom stereocenters. The Morgan fingerprint density at radius 2 is 2.06 bits per heavy atom. The zero-order valence-corrected chi connectivity index (χ0v) is 17.3. The Morgan fingerprint density at radius 1 is 1.32 bits per heavy atom. The molecule has 172 valence electrons. The molecule has 3 aliphatic rings. The molecule has 0 aromatic rings. The molecular weight excluding hydrogens is 434 g/mol. The number of amides is 4. The van der Waals surface area contributed by atoms with Crippen molar-refractivity contribution in [3.05, 3.63) is 12.2 Å². The lowest BCUT2D eigenvalue weighted by atomic mass is 10.0. The summed E-state index contributed by atoms with van der Waals surface area (Å²) in [5.41, 5.74) is 4.69. The van der Waals surface area contributed by atoms with E-state index in [1.165, 1.54) is 6.21 Å². The second-order valence-corrected chi connectivity index (χ2v) is 8.52. The number of carbonyl (C=O) groups excluding carboxylic acids is 3. The summed E-state index contributed by atoms with van der Waals surface area (Å²) in [5, 5.41) is 7.00. The van der Waals surface area contributed by atoms with Crippen molar-refractivity contribution >= 4 is 34.5 Å². The Morgan fingerprint density at radius 3 is 2.77 bits per heavy atom. The number of hydroxylamine groups is 2. The van der Waals surface area contributed by atoms with Crippen LogP contribution in [0.2, 0.25) is 0 Å². The van der Waals surface area contributed by atoms with Crippen LogP contribution >= 0.6 is 0 Å². The predicted molar refractivity (Wildman–Crippen MR) is 106 cm³/mol. The van der Waals surface area contributed by atoms with Crippen LogP contribution in [0.25, 0.3) is 0 Å². The molecule has 31 heavy (non-hydrogen) atoms. The predicted octanol–water partition coefficient (Wildman–Crippen LogP) is -1.99. The van der Waals surface area contributed by atoms with Crippen LogP contribution in [0.15, 0.2) is 17.3 Å². The lowest BCUT2D eigenvalue weighted by molar-refractivity contribution is -0.132. The first-order valence-corrected chi connectivity index (χ1v) is 11.0. The van der Waals surface area contributed by atoms with Crippen molar-refractivity contribution in [2.24, 2.45) is 16.9 Å². The van der Waals surface area contributed by atoms with Gasteiger partial charge in [-0.3, -0.25) is 25.0 Å². The number of rotatable bonds is 7. The van der Waals surface area contributed by atoms with Crippen LogP contribution in [-0.2, 0) is 24.3 Å². The number of hydrogen-bond acceptors (Lipinski definition) is 9. The summed E-state index contributed by atoms with van der Waals surface area (Å²) in [6.07, 6.45) is 6.97. The van der Waals surface area contributed by atoms with Gasteiger partial charge in [0.05, 0.1) is 12.1 Å². The molecule has 4 atom stereocenters. The first-order chi connectivity index (χ1) is 14.7. The minimum atomic E-state index is -4.86. The Labute approximate surface area is 178 Å². The fourth-order valence-electron chi connectivity index (χ4n) is 3.97. The highest BCUT2D eigenvalue weighted by atomic mass is 32.3. The third kappa shape index (κ3) is 5.69. The highest BCUT2D eigenvalue weighted by molar-refractivity contribution is 7.80. The average molecular weight is 459 g/mol. The first kappa shape index (κ1) is 22.9. The van der Waals surface area contributed by atoms with Gasteiger partial charge in [-0.1, -0.05) is 6.08 Å². The second-order valence-electron chi connectivity index (χ2n) is 7.51. The molecule has 0 aromatic heterocycles. The number of hydrazine groups is 1. The summed E-state index contributed by atoms with van der Waals surface area (Å²) < 4.78 is 35.0. The maximum Gasteiger partial charge on any atom is 0.418 e. The maximum atomic E-state index is 12.5. The molecule has 3 aliphatic heterocycles. The number of hydrogen-bond donors (Lipinski definition) is 5. The zero-order chi connectivity index (χ0) is 22.6. The minimum absolute atomic E-state index is 0.0641. The zero-order valence-electron chi connectivity index (χ0n) is 16.5. The van der Waals surface area contributed by atoms with Gasteiger partial charge in [-0.05, 0) is 44.2 Å². The second kappa shape index (κ2) is 9.59. The Kier molecular flexibility index (Phi) is 7.09. The van der Waals surface area contributed by atoms with E-state index in [1.54, 1.807) is 6.08 Å². The first-order valence-electron chi connectivity index (χ1n) is 9.68. The number of carbonyl (C=O) groups is 3. The smallest absolute Gasteiger partial charge is 0.323 e. The molecule has 6 N–H and O–H groups in total. The molecule has 4 amide bonds. The van der Waals surface area contributed by atoms with Crippen LogP contribution < -0.4 is 22.0 Å². The molecule has 15 heteroatoms. The number of nitrogens with one attached hydrogen (secondary N) is 3.